The molecule has 1 rings (SSSR count). The lowest BCUT2D eigenvalue weighted by Gasteiger charge is -2.13. The summed E-state index contributed by atoms with van der Waals surface area (Å²) in [6.07, 6.45) is 2.96. The molecule has 0 heterocycles. The molecule has 1 aromatic carbocycles. The normalized spacial score (nSPS) is 11.5. The van der Waals surface area contributed by atoms with E-state index in [0.29, 0.717) is 30.8 Å². The molecule has 114 valence electrons. The van der Waals surface area contributed by atoms with E-state index in [2.05, 4.69) is 11.9 Å². The lowest BCUT2D eigenvalue weighted by Crippen LogP contribution is -2.32. The first-order valence-electron chi connectivity index (χ1n) is 6.89. The van der Waals surface area contributed by atoms with Gasteiger partial charge < -0.3 is 15.2 Å². The van der Waals surface area contributed by atoms with Gasteiger partial charge in [-0.25, -0.2) is 0 Å². The lowest BCUT2D eigenvalue weighted by atomic mass is 10.1. The van der Waals surface area contributed by atoms with Gasteiger partial charge in [-0.15, -0.1) is 0 Å². The molecule has 1 aromatic rings. The molecule has 0 aliphatic carbocycles. The molecule has 0 aliphatic heterocycles. The number of amides is 1. The third kappa shape index (κ3) is 6.61. The van der Waals surface area contributed by atoms with Crippen molar-refractivity contribution in [2.45, 2.75) is 32.2 Å². The van der Waals surface area contributed by atoms with Crippen molar-refractivity contribution >= 4 is 11.9 Å². The van der Waals surface area contributed by atoms with Gasteiger partial charge in [-0.3, -0.25) is 9.59 Å². The maximum absolute atomic E-state index is 12.0. The van der Waals surface area contributed by atoms with Crippen LogP contribution in [0.5, 0.6) is 5.75 Å². The first kappa shape index (κ1) is 16.8. The van der Waals surface area contributed by atoms with Gasteiger partial charge in [0.2, 0.25) is 0 Å². The van der Waals surface area contributed by atoms with E-state index in [1.807, 2.05) is 6.92 Å². The number of carbonyl (C=O) groups excluding carboxylic acids is 1. The minimum atomic E-state index is -0.816. The molecule has 1 atom stereocenters. The van der Waals surface area contributed by atoms with E-state index in [4.69, 9.17) is 9.84 Å². The van der Waals surface area contributed by atoms with Gasteiger partial charge in [-0.2, -0.15) is 0 Å². The zero-order valence-corrected chi connectivity index (χ0v) is 12.2. The number of benzene rings is 1. The van der Waals surface area contributed by atoms with Crippen LogP contribution in [0.3, 0.4) is 0 Å². The van der Waals surface area contributed by atoms with Crippen molar-refractivity contribution in [2.24, 2.45) is 0 Å². The monoisotopic (exact) mass is 291 g/mol. The average molecular weight is 291 g/mol. The van der Waals surface area contributed by atoms with Crippen molar-refractivity contribution in [1.82, 2.24) is 5.32 Å². The molecule has 5 heteroatoms. The number of carboxylic acids is 1. The zero-order chi connectivity index (χ0) is 15.7. The van der Waals surface area contributed by atoms with Crippen LogP contribution in [0.2, 0.25) is 0 Å². The number of ether oxygens (including phenoxy) is 1. The highest BCUT2D eigenvalue weighted by Crippen LogP contribution is 2.12. The maximum Gasteiger partial charge on any atom is 0.303 e. The minimum Gasteiger partial charge on any atom is -0.490 e. The first-order chi connectivity index (χ1) is 10.0. The average Bonchev–Trinajstić information content (AvgIpc) is 2.45. The fourth-order valence-electron chi connectivity index (χ4n) is 1.80. The Morgan fingerprint density at radius 2 is 2.05 bits per heavy atom. The van der Waals surface area contributed by atoms with E-state index in [9.17, 15) is 9.59 Å². The maximum atomic E-state index is 12.0. The number of hydrogen-bond acceptors (Lipinski definition) is 3. The molecule has 21 heavy (non-hydrogen) atoms. The predicted octanol–water partition coefficient (Wildman–Crippen LogP) is 2.62. The van der Waals surface area contributed by atoms with Crippen molar-refractivity contribution < 1.29 is 19.4 Å². The van der Waals surface area contributed by atoms with E-state index in [-0.39, 0.29) is 18.4 Å². The zero-order valence-electron chi connectivity index (χ0n) is 12.2. The van der Waals surface area contributed by atoms with E-state index < -0.39 is 5.97 Å². The fraction of sp³-hybridized carbons (Fsp3) is 0.375. The molecule has 5 nitrogen and oxygen atoms in total. The molecule has 0 fully saturated rings. The predicted molar refractivity (Wildman–Crippen MR) is 80.5 cm³/mol. The molecule has 0 saturated heterocycles. The van der Waals surface area contributed by atoms with Gasteiger partial charge in [0.1, 0.15) is 12.4 Å². The van der Waals surface area contributed by atoms with Gasteiger partial charge >= 0.3 is 5.97 Å². The summed E-state index contributed by atoms with van der Waals surface area (Å²) in [6, 6.07) is 6.78. The second-order valence-corrected chi connectivity index (χ2v) is 4.78. The van der Waals surface area contributed by atoms with E-state index in [1.165, 1.54) is 0 Å². The summed E-state index contributed by atoms with van der Waals surface area (Å²) in [5.74, 6) is -0.308. The van der Waals surface area contributed by atoms with Gasteiger partial charge in [-0.1, -0.05) is 12.7 Å². The van der Waals surface area contributed by atoms with Gasteiger partial charge in [-0.05, 0) is 44.0 Å². The molecule has 2 N–H and O–H groups in total. The summed E-state index contributed by atoms with van der Waals surface area (Å²) >= 11 is 0. The van der Waals surface area contributed by atoms with Gasteiger partial charge in [0, 0.05) is 18.0 Å². The van der Waals surface area contributed by atoms with Crippen LogP contribution in [-0.2, 0) is 4.79 Å². The molecule has 0 bridgehead atoms. The van der Waals surface area contributed by atoms with Gasteiger partial charge in [0.25, 0.3) is 5.91 Å². The minimum absolute atomic E-state index is 0.0615. The highest BCUT2D eigenvalue weighted by atomic mass is 16.5. The Bertz CT molecular complexity index is 482. The van der Waals surface area contributed by atoms with Crippen molar-refractivity contribution in [3.05, 3.63) is 42.5 Å². The van der Waals surface area contributed by atoms with E-state index in [0.717, 1.165) is 0 Å². The summed E-state index contributed by atoms with van der Waals surface area (Å²) in [5, 5.41) is 11.4. The molecule has 1 amide bonds. The smallest absolute Gasteiger partial charge is 0.303 e. The summed E-state index contributed by atoms with van der Waals surface area (Å²) in [4.78, 5) is 22.4. The molecule has 0 aliphatic rings. The second-order valence-electron chi connectivity index (χ2n) is 4.78. The highest BCUT2D eigenvalue weighted by Gasteiger charge is 2.10. The summed E-state index contributed by atoms with van der Waals surface area (Å²) in [7, 11) is 0. The Morgan fingerprint density at radius 3 is 2.62 bits per heavy atom. The van der Waals surface area contributed by atoms with Crippen molar-refractivity contribution in [1.29, 1.82) is 0 Å². The Labute approximate surface area is 124 Å². The molecule has 0 aromatic heterocycles. The van der Waals surface area contributed by atoms with Crippen LogP contribution in [0.1, 0.15) is 36.5 Å². The number of aliphatic carboxylic acids is 1. The number of carboxylic acid groups (broad SMARTS) is 1. The Balaban J connectivity index is 2.43. The number of carbonyl (C=O) groups is 2. The van der Waals surface area contributed by atoms with E-state index in [1.54, 1.807) is 30.3 Å². The third-order valence-electron chi connectivity index (χ3n) is 2.89. The van der Waals surface area contributed by atoms with Crippen LogP contribution in [-0.4, -0.2) is 29.6 Å². The van der Waals surface area contributed by atoms with E-state index >= 15 is 0 Å². The summed E-state index contributed by atoms with van der Waals surface area (Å²) < 4.78 is 5.34. The van der Waals surface area contributed by atoms with Crippen molar-refractivity contribution in [2.75, 3.05) is 6.61 Å². The molecular formula is C16H21NO4. The summed E-state index contributed by atoms with van der Waals surface area (Å²) in [6.45, 7) is 5.85. The standard InChI is InChI=1S/C16H21NO4/c1-3-11-21-14-9-7-13(8-10-14)16(20)17-12(2)5-4-6-15(18)19/h3,7-10,12H,1,4-6,11H2,2H3,(H,17,20)(H,18,19). The number of rotatable bonds is 9. The molecule has 1 unspecified atom stereocenters. The quantitative estimate of drug-likeness (QED) is 0.686. The van der Waals surface area contributed by atoms with Gasteiger partial charge in [0.05, 0.1) is 0 Å². The highest BCUT2D eigenvalue weighted by molar-refractivity contribution is 5.94. The second kappa shape index (κ2) is 8.79. The lowest BCUT2D eigenvalue weighted by molar-refractivity contribution is -0.137. The topological polar surface area (TPSA) is 75.6 Å². The van der Waals surface area contributed by atoms with Crippen molar-refractivity contribution in [3.63, 3.8) is 0 Å². The molecule has 0 radical (unpaired) electrons. The van der Waals surface area contributed by atoms with Crippen LogP contribution >= 0.6 is 0 Å². The molecule has 0 spiro atoms. The van der Waals surface area contributed by atoms with Gasteiger partial charge in [0.15, 0.2) is 0 Å². The van der Waals surface area contributed by atoms with Crippen LogP contribution in [0.15, 0.2) is 36.9 Å². The Kier molecular flexibility index (Phi) is 7.01. The fourth-order valence-corrected chi connectivity index (χ4v) is 1.80. The van der Waals surface area contributed by atoms with Crippen LogP contribution in [0, 0.1) is 0 Å². The number of nitrogens with one attached hydrogen (secondary N) is 1. The molecular weight excluding hydrogens is 270 g/mol. The largest absolute Gasteiger partial charge is 0.490 e. The first-order valence-corrected chi connectivity index (χ1v) is 6.89. The third-order valence-corrected chi connectivity index (χ3v) is 2.89. The molecule has 0 saturated carbocycles. The Hall–Kier alpha value is -2.30. The van der Waals surface area contributed by atoms with Crippen molar-refractivity contribution in [3.8, 4) is 5.75 Å². The number of hydrogen-bond donors (Lipinski definition) is 2. The SMILES string of the molecule is C=CCOc1ccc(C(=O)NC(C)CCCC(=O)O)cc1. The van der Waals surface area contributed by atoms with Crippen LogP contribution in [0.4, 0.5) is 0 Å². The van der Waals surface area contributed by atoms with Crippen LogP contribution in [0.25, 0.3) is 0 Å². The van der Waals surface area contributed by atoms with Crippen LogP contribution < -0.4 is 10.1 Å². The summed E-state index contributed by atoms with van der Waals surface area (Å²) in [5.41, 5.74) is 0.547. The Morgan fingerprint density at radius 1 is 1.38 bits per heavy atom.